The molecule has 18 heavy (non-hydrogen) atoms. The summed E-state index contributed by atoms with van der Waals surface area (Å²) in [7, 11) is -3.17. The lowest BCUT2D eigenvalue weighted by atomic mass is 10.0. The molecule has 7 heteroatoms. The van der Waals surface area contributed by atoms with Gasteiger partial charge in [0.05, 0.1) is 12.3 Å². The normalized spacial score (nSPS) is 25.5. The molecule has 1 aliphatic carbocycles. The van der Waals surface area contributed by atoms with Gasteiger partial charge in [0.15, 0.2) is 0 Å². The molecule has 1 atom stereocenters. The van der Waals surface area contributed by atoms with Crippen molar-refractivity contribution < 1.29 is 13.2 Å². The van der Waals surface area contributed by atoms with Gasteiger partial charge in [-0.25, -0.2) is 13.1 Å². The number of carbonyl (C=O) groups is 1. The molecule has 0 bridgehead atoms. The maximum atomic E-state index is 12.1. The minimum atomic E-state index is -3.17. The number of hydrogen-bond donors (Lipinski definition) is 2. The maximum Gasteiger partial charge on any atom is 0.239 e. The van der Waals surface area contributed by atoms with Crippen molar-refractivity contribution in [2.24, 2.45) is 0 Å². The van der Waals surface area contributed by atoms with Crippen LogP contribution in [0.3, 0.4) is 0 Å². The van der Waals surface area contributed by atoms with Crippen molar-refractivity contribution in [1.29, 1.82) is 0 Å². The van der Waals surface area contributed by atoms with E-state index in [1.807, 2.05) is 0 Å². The van der Waals surface area contributed by atoms with E-state index in [0.29, 0.717) is 19.1 Å². The standard InChI is InChI=1S/C11H21N3O3S/c1-18(16,17)12-6-8-14-7-2-3-10(11(14)15)13-9-4-5-9/h9-10,12-13H,2-8H2,1H3. The molecule has 0 aromatic heterocycles. The molecule has 1 saturated heterocycles. The third-order valence-corrected chi connectivity index (χ3v) is 4.02. The highest BCUT2D eigenvalue weighted by Crippen LogP contribution is 2.22. The molecule has 0 aromatic carbocycles. The molecule has 2 N–H and O–H groups in total. The van der Waals surface area contributed by atoms with E-state index in [1.54, 1.807) is 4.90 Å². The summed E-state index contributed by atoms with van der Waals surface area (Å²) >= 11 is 0. The summed E-state index contributed by atoms with van der Waals surface area (Å²) in [6.45, 7) is 1.47. The number of hydrogen-bond acceptors (Lipinski definition) is 4. The Hall–Kier alpha value is -0.660. The highest BCUT2D eigenvalue weighted by molar-refractivity contribution is 7.88. The molecule has 2 fully saturated rings. The quantitative estimate of drug-likeness (QED) is 0.670. The number of sulfonamides is 1. The highest BCUT2D eigenvalue weighted by Gasteiger charge is 2.33. The average Bonchev–Trinajstić information content (AvgIpc) is 3.06. The zero-order valence-electron chi connectivity index (χ0n) is 10.7. The Bertz CT molecular complexity index is 406. The van der Waals surface area contributed by atoms with E-state index in [4.69, 9.17) is 0 Å². The Kier molecular flexibility index (Phi) is 4.24. The van der Waals surface area contributed by atoms with Crippen LogP contribution in [-0.4, -0.2) is 57.2 Å². The van der Waals surface area contributed by atoms with Crippen LogP contribution in [0.1, 0.15) is 25.7 Å². The Morgan fingerprint density at radius 3 is 2.67 bits per heavy atom. The summed E-state index contributed by atoms with van der Waals surface area (Å²) in [6.07, 6.45) is 5.33. The van der Waals surface area contributed by atoms with Crippen LogP contribution >= 0.6 is 0 Å². The summed E-state index contributed by atoms with van der Waals surface area (Å²) in [5.74, 6) is 0.114. The minimum Gasteiger partial charge on any atom is -0.340 e. The third kappa shape index (κ3) is 4.22. The molecular formula is C11H21N3O3S. The van der Waals surface area contributed by atoms with Crippen molar-refractivity contribution in [2.45, 2.75) is 37.8 Å². The van der Waals surface area contributed by atoms with E-state index >= 15 is 0 Å². The van der Waals surface area contributed by atoms with Crippen molar-refractivity contribution in [3.63, 3.8) is 0 Å². The SMILES string of the molecule is CS(=O)(=O)NCCN1CCCC(NC2CC2)C1=O. The number of carbonyl (C=O) groups excluding carboxylic acids is 1. The van der Waals surface area contributed by atoms with Crippen LogP contribution in [0.5, 0.6) is 0 Å². The van der Waals surface area contributed by atoms with Crippen LogP contribution in [0.25, 0.3) is 0 Å². The van der Waals surface area contributed by atoms with Gasteiger partial charge in [-0.05, 0) is 25.7 Å². The molecule has 2 aliphatic rings. The number of nitrogens with one attached hydrogen (secondary N) is 2. The van der Waals surface area contributed by atoms with Crippen LogP contribution in [0.2, 0.25) is 0 Å². The van der Waals surface area contributed by atoms with Crippen molar-refractivity contribution in [3.05, 3.63) is 0 Å². The Morgan fingerprint density at radius 1 is 1.33 bits per heavy atom. The zero-order chi connectivity index (χ0) is 13.2. The van der Waals surface area contributed by atoms with Crippen LogP contribution in [0.15, 0.2) is 0 Å². The predicted octanol–water partition coefficient (Wildman–Crippen LogP) is -0.721. The van der Waals surface area contributed by atoms with Gasteiger partial charge in [0, 0.05) is 25.7 Å². The third-order valence-electron chi connectivity index (χ3n) is 3.29. The van der Waals surface area contributed by atoms with Crippen molar-refractivity contribution >= 4 is 15.9 Å². The van der Waals surface area contributed by atoms with Crippen molar-refractivity contribution in [3.8, 4) is 0 Å². The average molecular weight is 275 g/mol. The van der Waals surface area contributed by atoms with Crippen molar-refractivity contribution in [2.75, 3.05) is 25.9 Å². The van der Waals surface area contributed by atoms with E-state index in [0.717, 1.165) is 25.6 Å². The monoisotopic (exact) mass is 275 g/mol. The second kappa shape index (κ2) is 5.54. The Labute approximate surface area is 108 Å². The fourth-order valence-corrected chi connectivity index (χ4v) is 2.68. The van der Waals surface area contributed by atoms with Gasteiger partial charge in [0.1, 0.15) is 0 Å². The molecule has 1 aliphatic heterocycles. The van der Waals surface area contributed by atoms with E-state index < -0.39 is 10.0 Å². The van der Waals surface area contributed by atoms with E-state index in [-0.39, 0.29) is 11.9 Å². The lowest BCUT2D eigenvalue weighted by molar-refractivity contribution is -0.135. The molecule has 0 aromatic rings. The van der Waals surface area contributed by atoms with Crippen LogP contribution < -0.4 is 10.0 Å². The molecule has 1 amide bonds. The van der Waals surface area contributed by atoms with Crippen LogP contribution in [0, 0.1) is 0 Å². The van der Waals surface area contributed by atoms with Crippen LogP contribution in [0.4, 0.5) is 0 Å². The molecule has 1 heterocycles. The van der Waals surface area contributed by atoms with Gasteiger partial charge in [-0.2, -0.15) is 0 Å². The predicted molar refractivity (Wildman–Crippen MR) is 68.6 cm³/mol. The molecule has 1 unspecified atom stereocenters. The van der Waals surface area contributed by atoms with Crippen LogP contribution in [-0.2, 0) is 14.8 Å². The summed E-state index contributed by atoms with van der Waals surface area (Å²) < 4.78 is 24.3. The number of piperidine rings is 1. The lowest BCUT2D eigenvalue weighted by Crippen LogP contribution is -2.52. The first kappa shape index (κ1) is 13.8. The van der Waals surface area contributed by atoms with Crippen molar-refractivity contribution in [1.82, 2.24) is 14.9 Å². The van der Waals surface area contributed by atoms with E-state index in [1.165, 1.54) is 12.8 Å². The fourth-order valence-electron chi connectivity index (χ4n) is 2.22. The summed E-state index contributed by atoms with van der Waals surface area (Å²) in [5, 5.41) is 3.35. The Balaban J connectivity index is 1.78. The molecule has 1 saturated carbocycles. The highest BCUT2D eigenvalue weighted by atomic mass is 32.2. The second-order valence-electron chi connectivity index (χ2n) is 5.13. The van der Waals surface area contributed by atoms with Gasteiger partial charge < -0.3 is 10.2 Å². The summed E-state index contributed by atoms with van der Waals surface area (Å²) in [5.41, 5.74) is 0. The van der Waals surface area contributed by atoms with E-state index in [9.17, 15) is 13.2 Å². The van der Waals surface area contributed by atoms with Gasteiger partial charge in [-0.3, -0.25) is 4.79 Å². The van der Waals surface area contributed by atoms with E-state index in [2.05, 4.69) is 10.0 Å². The Morgan fingerprint density at radius 2 is 2.06 bits per heavy atom. The summed E-state index contributed by atoms with van der Waals surface area (Å²) in [6, 6.07) is 0.456. The van der Waals surface area contributed by atoms with Gasteiger partial charge in [-0.15, -0.1) is 0 Å². The summed E-state index contributed by atoms with van der Waals surface area (Å²) in [4.78, 5) is 13.9. The largest absolute Gasteiger partial charge is 0.340 e. The molecule has 2 rings (SSSR count). The smallest absolute Gasteiger partial charge is 0.239 e. The molecular weight excluding hydrogens is 254 g/mol. The number of amides is 1. The maximum absolute atomic E-state index is 12.1. The first-order valence-electron chi connectivity index (χ1n) is 6.45. The molecule has 104 valence electrons. The number of rotatable bonds is 6. The van der Waals surface area contributed by atoms with Gasteiger partial charge in [0.25, 0.3) is 0 Å². The number of nitrogens with zero attached hydrogens (tertiary/aromatic N) is 1. The fraction of sp³-hybridized carbons (Fsp3) is 0.909. The molecule has 0 radical (unpaired) electrons. The first-order chi connectivity index (χ1) is 8.46. The zero-order valence-corrected chi connectivity index (χ0v) is 11.5. The van der Waals surface area contributed by atoms with Gasteiger partial charge in [-0.1, -0.05) is 0 Å². The number of likely N-dealkylation sites (tertiary alicyclic amines) is 1. The lowest BCUT2D eigenvalue weighted by Gasteiger charge is -2.32. The topological polar surface area (TPSA) is 78.5 Å². The minimum absolute atomic E-state index is 0.0653. The second-order valence-corrected chi connectivity index (χ2v) is 6.96. The van der Waals surface area contributed by atoms with Gasteiger partial charge in [0.2, 0.25) is 15.9 Å². The van der Waals surface area contributed by atoms with Gasteiger partial charge >= 0.3 is 0 Å². The molecule has 6 nitrogen and oxygen atoms in total. The molecule has 0 spiro atoms. The first-order valence-corrected chi connectivity index (χ1v) is 8.34.